The molecule has 24 rings (SSSR count). The van der Waals surface area contributed by atoms with Crippen LogP contribution in [0.5, 0.6) is 0 Å². The number of fused-ring (bicyclic) bond motifs is 12. The van der Waals surface area contributed by atoms with Crippen LogP contribution in [0.2, 0.25) is 0 Å². The molecule has 0 aliphatic heterocycles. The van der Waals surface area contributed by atoms with Crippen molar-refractivity contribution >= 4 is 87.2 Å². The van der Waals surface area contributed by atoms with Crippen molar-refractivity contribution in [2.45, 2.75) is 33.1 Å². The van der Waals surface area contributed by atoms with Gasteiger partial charge in [0.05, 0.1) is 44.1 Å². The molecule has 10 heteroatoms. The Morgan fingerprint density at radius 3 is 0.930 bits per heavy atom. The van der Waals surface area contributed by atoms with E-state index in [4.69, 9.17) is 29.9 Å². The predicted octanol–water partition coefficient (Wildman–Crippen LogP) is 30.4. The number of nitrogens with zero attached hydrogens (tertiary/aromatic N) is 10. The minimum Gasteiger partial charge on any atom is -0.309 e. The Balaban J connectivity index is 0.000000147. The molecule has 0 saturated carbocycles. The smallest absolute Gasteiger partial charge is 0.164 e. The molecule has 24 aromatic rings. The minimum absolute atomic E-state index is 0.0885. The van der Waals surface area contributed by atoms with E-state index in [1.165, 1.54) is 110 Å². The van der Waals surface area contributed by atoms with Crippen LogP contribution >= 0.6 is 0 Å². The monoisotopic (exact) mass is 1650 g/mol. The minimum atomic E-state index is 0.0885. The third-order valence-electron chi connectivity index (χ3n) is 25.3. The quantitative estimate of drug-likeness (QED) is 0.108. The van der Waals surface area contributed by atoms with Crippen molar-refractivity contribution in [3.8, 4) is 136 Å². The molecule has 6 aromatic heterocycles. The van der Waals surface area contributed by atoms with Gasteiger partial charge in [-0.05, 0) is 177 Å². The second kappa shape index (κ2) is 32.1. The highest BCUT2D eigenvalue weighted by Gasteiger charge is 2.25. The number of benzene rings is 18. The molecule has 0 saturated heterocycles. The van der Waals surface area contributed by atoms with E-state index < -0.39 is 0 Å². The van der Waals surface area contributed by atoms with Crippen molar-refractivity contribution in [3.63, 3.8) is 0 Å². The van der Waals surface area contributed by atoms with Crippen molar-refractivity contribution in [2.75, 3.05) is 0 Å². The van der Waals surface area contributed by atoms with Gasteiger partial charge in [-0.1, -0.05) is 348 Å². The largest absolute Gasteiger partial charge is 0.309 e. The molecular formula is C119H84N10. The summed E-state index contributed by atoms with van der Waals surface area (Å²) in [5, 5.41) is 9.81. The summed E-state index contributed by atoms with van der Waals surface area (Å²) in [5.74, 6) is 3.85. The fourth-order valence-electron chi connectivity index (χ4n) is 19.0. The first-order valence-corrected chi connectivity index (χ1v) is 44.0. The van der Waals surface area contributed by atoms with Crippen molar-refractivity contribution in [3.05, 3.63) is 448 Å². The second-order valence-electron chi connectivity index (χ2n) is 34.2. The van der Waals surface area contributed by atoms with Crippen LogP contribution in [0.3, 0.4) is 0 Å². The van der Waals surface area contributed by atoms with E-state index in [0.717, 1.165) is 89.1 Å². The first-order chi connectivity index (χ1) is 63.5. The van der Waals surface area contributed by atoms with Crippen LogP contribution in [0.25, 0.3) is 223 Å². The summed E-state index contributed by atoms with van der Waals surface area (Å²) in [4.78, 5) is 30.0. The molecule has 18 aromatic carbocycles. The van der Waals surface area contributed by atoms with Gasteiger partial charge >= 0.3 is 0 Å². The number of hydrogen-bond donors (Lipinski definition) is 0. The van der Waals surface area contributed by atoms with Gasteiger partial charge in [0.25, 0.3) is 0 Å². The van der Waals surface area contributed by atoms with Crippen molar-refractivity contribution in [1.82, 2.24) is 48.2 Å². The summed E-state index contributed by atoms with van der Waals surface area (Å²) in [5.41, 5.74) is 31.6. The summed E-state index contributed by atoms with van der Waals surface area (Å²) >= 11 is 0. The van der Waals surface area contributed by atoms with Crippen molar-refractivity contribution < 1.29 is 0 Å². The van der Waals surface area contributed by atoms with Crippen LogP contribution in [0.15, 0.2) is 437 Å². The molecule has 0 atom stereocenters. The Hall–Kier alpha value is -16.8. The highest BCUT2D eigenvalue weighted by Crippen LogP contribution is 2.45. The molecule has 0 bridgehead atoms. The zero-order chi connectivity index (χ0) is 86.2. The number of rotatable bonds is 14. The molecule has 129 heavy (non-hydrogen) atoms. The van der Waals surface area contributed by atoms with Crippen molar-refractivity contribution in [2.24, 2.45) is 0 Å². The van der Waals surface area contributed by atoms with Crippen LogP contribution in [0.4, 0.5) is 0 Å². The number of para-hydroxylation sites is 5. The molecule has 0 radical (unpaired) electrons. The summed E-state index contributed by atoms with van der Waals surface area (Å²) in [6, 6.07) is 155. The summed E-state index contributed by atoms with van der Waals surface area (Å²) < 4.78 is 9.60. The van der Waals surface area contributed by atoms with Crippen LogP contribution in [-0.2, 0) is 5.41 Å². The van der Waals surface area contributed by atoms with Crippen LogP contribution in [0.1, 0.15) is 31.9 Å². The Morgan fingerprint density at radius 1 is 0.186 bits per heavy atom. The molecule has 0 N–H and O–H groups in total. The standard InChI is InChI=1S/C61H45N5.C58H39N5/c1-61(2,3)46-31-35-48(36-32-46)66-53-25-12-10-22-50(53)51-37-30-43(39-56(51)66)40-28-33-47(34-29-40)65-54-26-13-11-23-52(54)57-49(24-15-27-55(57)65)44-20-14-21-45(38-44)60-63-58(41-16-6-4-7-17-41)62-59(64-60)42-18-8-5-9-19-42;1-38-16-8-11-26-50(38)63-51-27-12-9-23-47(51)49-37-42(32-35-53(49)63)39-30-33-45(34-31-39)62-52-28-13-10-24-48(52)55-46(25-15-29-54(55)62)43-21-14-22-44(36-43)58-60-56(40-17-4-2-5-18-40)59-57(61-58)41-19-6-3-7-20-41/h4-39H,1-3H3;2-37H,1H3. The first kappa shape index (κ1) is 77.0. The molecule has 0 fully saturated rings. The van der Waals surface area contributed by atoms with Gasteiger partial charge in [0, 0.05) is 99.2 Å². The summed E-state index contributed by atoms with van der Waals surface area (Å²) in [7, 11) is 0. The van der Waals surface area contributed by atoms with Crippen LogP contribution in [-0.4, -0.2) is 48.2 Å². The lowest BCUT2D eigenvalue weighted by molar-refractivity contribution is 0.590. The third kappa shape index (κ3) is 14.0. The Labute approximate surface area is 747 Å². The van der Waals surface area contributed by atoms with Crippen LogP contribution < -0.4 is 0 Å². The van der Waals surface area contributed by atoms with Crippen LogP contribution in [0, 0.1) is 6.92 Å². The molecule has 0 unspecified atom stereocenters. The number of hydrogen-bond acceptors (Lipinski definition) is 6. The lowest BCUT2D eigenvalue weighted by Gasteiger charge is -2.19. The average Bonchev–Trinajstić information content (AvgIpc) is 1.53. The van der Waals surface area contributed by atoms with E-state index in [9.17, 15) is 0 Å². The molecule has 0 aliphatic rings. The predicted molar refractivity (Wildman–Crippen MR) is 535 cm³/mol. The van der Waals surface area contributed by atoms with Gasteiger partial charge in [-0.2, -0.15) is 0 Å². The normalized spacial score (nSPS) is 11.7. The molecule has 10 nitrogen and oxygen atoms in total. The van der Waals surface area contributed by atoms with E-state index in [2.05, 4.69) is 361 Å². The van der Waals surface area contributed by atoms with E-state index in [0.29, 0.717) is 34.9 Å². The van der Waals surface area contributed by atoms with Gasteiger partial charge < -0.3 is 18.3 Å². The fourth-order valence-corrected chi connectivity index (χ4v) is 19.0. The maximum atomic E-state index is 5.04. The highest BCUT2D eigenvalue weighted by molar-refractivity contribution is 6.18. The average molecular weight is 1650 g/mol. The maximum absolute atomic E-state index is 5.04. The SMILES string of the molecule is CC(C)(C)c1ccc(-n2c3ccccc3c3ccc(-c4ccc(-n5c6ccccc6c6c(-c7cccc(-c8nc(-c9ccccc9)nc(-c9ccccc9)n8)c7)cccc65)cc4)cc32)cc1.Cc1ccccc1-n1c2ccccc2c2cc(-c3ccc(-n4c5ccccc5c5c(-c6cccc(-c7nc(-c8ccccc8)nc(-c8ccccc8)n7)c6)cccc54)cc3)ccc21. The molecule has 0 aliphatic carbocycles. The van der Waals surface area contributed by atoms with E-state index in [1.807, 2.05) is 121 Å². The Morgan fingerprint density at radius 2 is 0.488 bits per heavy atom. The maximum Gasteiger partial charge on any atom is 0.164 e. The van der Waals surface area contributed by atoms with Gasteiger partial charge in [-0.3, -0.25) is 0 Å². The van der Waals surface area contributed by atoms with Gasteiger partial charge in [0.2, 0.25) is 0 Å². The number of aromatic nitrogens is 10. The topological polar surface area (TPSA) is 97.1 Å². The zero-order valence-corrected chi connectivity index (χ0v) is 71.5. The fraction of sp³-hybridized carbons (Fsp3) is 0.0420. The lowest BCUT2D eigenvalue weighted by atomic mass is 9.87. The summed E-state index contributed by atoms with van der Waals surface area (Å²) in [6.45, 7) is 8.98. The second-order valence-corrected chi connectivity index (χ2v) is 34.2. The third-order valence-corrected chi connectivity index (χ3v) is 25.3. The molecule has 6 heterocycles. The van der Waals surface area contributed by atoms with Crippen molar-refractivity contribution in [1.29, 1.82) is 0 Å². The van der Waals surface area contributed by atoms with E-state index in [1.54, 1.807) is 0 Å². The van der Waals surface area contributed by atoms with Gasteiger partial charge in [-0.25, -0.2) is 29.9 Å². The molecule has 0 amide bonds. The van der Waals surface area contributed by atoms with E-state index in [-0.39, 0.29) is 5.41 Å². The zero-order valence-electron chi connectivity index (χ0n) is 71.5. The van der Waals surface area contributed by atoms with E-state index >= 15 is 0 Å². The molecule has 0 spiro atoms. The number of aryl methyl sites for hydroxylation is 1. The summed E-state index contributed by atoms with van der Waals surface area (Å²) in [6.07, 6.45) is 0. The Bertz CT molecular complexity index is 8320. The van der Waals surface area contributed by atoms with Gasteiger partial charge in [0.15, 0.2) is 34.9 Å². The highest BCUT2D eigenvalue weighted by atomic mass is 15.1. The van der Waals surface area contributed by atoms with Gasteiger partial charge in [0.1, 0.15) is 0 Å². The first-order valence-electron chi connectivity index (χ1n) is 44.0. The molecular weight excluding hydrogens is 1570 g/mol. The Kier molecular flexibility index (Phi) is 19.1. The molecule has 610 valence electrons. The van der Waals surface area contributed by atoms with Gasteiger partial charge in [-0.15, -0.1) is 0 Å². The lowest BCUT2D eigenvalue weighted by Crippen LogP contribution is -2.10.